The monoisotopic (exact) mass is 375 g/mol. The molecule has 0 amide bonds. The summed E-state index contributed by atoms with van der Waals surface area (Å²) in [7, 11) is 0. The van der Waals surface area contributed by atoms with Gasteiger partial charge in [0.1, 0.15) is 0 Å². The van der Waals surface area contributed by atoms with Gasteiger partial charge in [0.05, 0.1) is 13.1 Å². The normalized spacial score (nSPS) is 15.3. The second kappa shape index (κ2) is 8.95. The van der Waals surface area contributed by atoms with E-state index in [1.54, 1.807) is 6.20 Å². The zero-order chi connectivity index (χ0) is 12.6. The fourth-order valence-electron chi connectivity index (χ4n) is 1.95. The van der Waals surface area contributed by atoms with E-state index in [1.807, 2.05) is 16.9 Å². The van der Waals surface area contributed by atoms with Crippen LogP contribution in [0.25, 0.3) is 0 Å². The standard InChI is InChI=1S/C13H21N5.HI/c1-2-14-13(17-12-6-3-4-7-12)15-9-11-18-10-5-8-16-18;/h3-5,8,10,12H,2,6-7,9,11H2,1H3,(H2,14,15,17);1H. The maximum atomic E-state index is 4.56. The van der Waals surface area contributed by atoms with Gasteiger partial charge in [-0.3, -0.25) is 9.67 Å². The Labute approximate surface area is 131 Å². The predicted octanol–water partition coefficient (Wildman–Crippen LogP) is 1.77. The molecule has 6 heteroatoms. The topological polar surface area (TPSA) is 54.2 Å². The zero-order valence-electron chi connectivity index (χ0n) is 11.2. The molecule has 1 aliphatic carbocycles. The Kier molecular flexibility index (Phi) is 7.54. The maximum Gasteiger partial charge on any atom is 0.191 e. The molecule has 5 nitrogen and oxygen atoms in total. The van der Waals surface area contributed by atoms with E-state index in [-0.39, 0.29) is 24.0 Å². The summed E-state index contributed by atoms with van der Waals surface area (Å²) in [5.74, 6) is 0.901. The summed E-state index contributed by atoms with van der Waals surface area (Å²) in [6.07, 6.45) is 10.3. The van der Waals surface area contributed by atoms with Crippen molar-refractivity contribution in [2.75, 3.05) is 13.1 Å². The van der Waals surface area contributed by atoms with Gasteiger partial charge >= 0.3 is 0 Å². The van der Waals surface area contributed by atoms with Gasteiger partial charge in [-0.15, -0.1) is 24.0 Å². The molecule has 1 heterocycles. The van der Waals surface area contributed by atoms with Crippen LogP contribution < -0.4 is 10.6 Å². The summed E-state index contributed by atoms with van der Waals surface area (Å²) in [5, 5.41) is 10.9. The lowest BCUT2D eigenvalue weighted by Gasteiger charge is -2.16. The molecule has 106 valence electrons. The van der Waals surface area contributed by atoms with Crippen molar-refractivity contribution in [3.8, 4) is 0 Å². The molecule has 0 atom stereocenters. The van der Waals surface area contributed by atoms with Gasteiger partial charge in [0.2, 0.25) is 0 Å². The van der Waals surface area contributed by atoms with Crippen LogP contribution in [0.1, 0.15) is 19.8 Å². The van der Waals surface area contributed by atoms with Crippen LogP contribution in [0, 0.1) is 0 Å². The Morgan fingerprint density at radius 3 is 2.84 bits per heavy atom. The number of hydrogen-bond acceptors (Lipinski definition) is 2. The Morgan fingerprint density at radius 2 is 2.21 bits per heavy atom. The molecule has 0 saturated heterocycles. The predicted molar refractivity (Wildman–Crippen MR) is 88.9 cm³/mol. The van der Waals surface area contributed by atoms with E-state index in [2.05, 4.69) is 39.8 Å². The average Bonchev–Trinajstić information content (AvgIpc) is 3.02. The third-order valence-electron chi connectivity index (χ3n) is 2.85. The van der Waals surface area contributed by atoms with Crippen molar-refractivity contribution in [1.82, 2.24) is 20.4 Å². The third kappa shape index (κ3) is 5.63. The molecule has 0 spiro atoms. The summed E-state index contributed by atoms with van der Waals surface area (Å²) in [6, 6.07) is 2.42. The lowest BCUT2D eigenvalue weighted by Crippen LogP contribution is -2.42. The number of nitrogens with one attached hydrogen (secondary N) is 2. The van der Waals surface area contributed by atoms with Gasteiger partial charge in [-0.1, -0.05) is 12.2 Å². The highest BCUT2D eigenvalue weighted by molar-refractivity contribution is 14.0. The highest BCUT2D eigenvalue weighted by atomic mass is 127. The van der Waals surface area contributed by atoms with Crippen LogP contribution >= 0.6 is 24.0 Å². The van der Waals surface area contributed by atoms with Crippen LogP contribution in [0.15, 0.2) is 35.6 Å². The van der Waals surface area contributed by atoms with Crippen molar-refractivity contribution >= 4 is 29.9 Å². The maximum absolute atomic E-state index is 4.56. The number of halogens is 1. The van der Waals surface area contributed by atoms with Gasteiger partial charge in [0, 0.05) is 25.0 Å². The summed E-state index contributed by atoms with van der Waals surface area (Å²) < 4.78 is 1.89. The number of nitrogens with zero attached hydrogens (tertiary/aromatic N) is 3. The first-order valence-electron chi connectivity index (χ1n) is 6.55. The molecule has 1 aromatic heterocycles. The number of aromatic nitrogens is 2. The quantitative estimate of drug-likeness (QED) is 0.357. The van der Waals surface area contributed by atoms with Crippen molar-refractivity contribution < 1.29 is 0 Å². The van der Waals surface area contributed by atoms with Gasteiger partial charge < -0.3 is 10.6 Å². The molecule has 0 aromatic carbocycles. The van der Waals surface area contributed by atoms with Crippen LogP contribution in [0.5, 0.6) is 0 Å². The van der Waals surface area contributed by atoms with Crippen molar-refractivity contribution in [3.63, 3.8) is 0 Å². The molecule has 0 fully saturated rings. The van der Waals surface area contributed by atoms with Crippen molar-refractivity contribution in [1.29, 1.82) is 0 Å². The van der Waals surface area contributed by atoms with Crippen molar-refractivity contribution in [2.45, 2.75) is 32.4 Å². The minimum atomic E-state index is 0. The second-order valence-corrected chi connectivity index (χ2v) is 4.31. The van der Waals surface area contributed by atoms with Gasteiger partial charge in [-0.2, -0.15) is 5.10 Å². The Bertz CT molecular complexity index is 391. The molecule has 2 N–H and O–H groups in total. The number of hydrogen-bond donors (Lipinski definition) is 2. The minimum Gasteiger partial charge on any atom is -0.357 e. The first kappa shape index (κ1) is 16.0. The smallest absolute Gasteiger partial charge is 0.191 e. The lowest BCUT2D eigenvalue weighted by molar-refractivity contribution is 0.608. The molecular weight excluding hydrogens is 353 g/mol. The number of rotatable bonds is 5. The van der Waals surface area contributed by atoms with E-state index in [0.717, 1.165) is 38.4 Å². The van der Waals surface area contributed by atoms with Crippen LogP contribution in [0.4, 0.5) is 0 Å². The number of guanidine groups is 1. The molecule has 1 aliphatic rings. The second-order valence-electron chi connectivity index (χ2n) is 4.31. The first-order chi connectivity index (χ1) is 8.88. The highest BCUT2D eigenvalue weighted by Crippen LogP contribution is 2.08. The van der Waals surface area contributed by atoms with Crippen molar-refractivity contribution in [2.24, 2.45) is 4.99 Å². The van der Waals surface area contributed by atoms with Gasteiger partial charge in [0.15, 0.2) is 5.96 Å². The summed E-state index contributed by atoms with van der Waals surface area (Å²) in [6.45, 7) is 4.51. The minimum absolute atomic E-state index is 0. The van der Waals surface area contributed by atoms with Crippen LogP contribution in [0.2, 0.25) is 0 Å². The van der Waals surface area contributed by atoms with Crippen LogP contribution in [0.3, 0.4) is 0 Å². The third-order valence-corrected chi connectivity index (χ3v) is 2.85. The molecule has 0 aliphatic heterocycles. The SMILES string of the molecule is CCNC(=NCCn1cccn1)NC1CC=CC1.I. The summed E-state index contributed by atoms with van der Waals surface area (Å²) in [4.78, 5) is 4.56. The van der Waals surface area contributed by atoms with E-state index in [4.69, 9.17) is 0 Å². The highest BCUT2D eigenvalue weighted by Gasteiger charge is 2.11. The van der Waals surface area contributed by atoms with Gasteiger partial charge in [-0.25, -0.2) is 0 Å². The lowest BCUT2D eigenvalue weighted by atomic mass is 10.2. The van der Waals surface area contributed by atoms with E-state index < -0.39 is 0 Å². The van der Waals surface area contributed by atoms with E-state index in [0.29, 0.717) is 6.04 Å². The van der Waals surface area contributed by atoms with Crippen LogP contribution in [-0.2, 0) is 6.54 Å². The van der Waals surface area contributed by atoms with Crippen molar-refractivity contribution in [3.05, 3.63) is 30.6 Å². The molecule has 0 radical (unpaired) electrons. The first-order valence-corrected chi connectivity index (χ1v) is 6.55. The van der Waals surface area contributed by atoms with Gasteiger partial charge in [0.25, 0.3) is 0 Å². The fraction of sp³-hybridized carbons (Fsp3) is 0.538. The van der Waals surface area contributed by atoms with E-state index in [1.165, 1.54) is 0 Å². The molecule has 2 rings (SSSR count). The van der Waals surface area contributed by atoms with E-state index in [9.17, 15) is 0 Å². The Hall–Kier alpha value is -1.05. The molecule has 0 saturated carbocycles. The molecule has 19 heavy (non-hydrogen) atoms. The molecule has 0 bridgehead atoms. The number of aliphatic imine (C=N–C) groups is 1. The molecule has 0 unspecified atom stereocenters. The Balaban J connectivity index is 0.00000180. The fourth-order valence-corrected chi connectivity index (χ4v) is 1.95. The zero-order valence-corrected chi connectivity index (χ0v) is 13.6. The Morgan fingerprint density at radius 1 is 1.42 bits per heavy atom. The van der Waals surface area contributed by atoms with E-state index >= 15 is 0 Å². The average molecular weight is 375 g/mol. The summed E-state index contributed by atoms with van der Waals surface area (Å²) >= 11 is 0. The van der Waals surface area contributed by atoms with Gasteiger partial charge in [-0.05, 0) is 25.8 Å². The molecule has 1 aromatic rings. The largest absolute Gasteiger partial charge is 0.357 e. The van der Waals surface area contributed by atoms with Crippen LogP contribution in [-0.4, -0.2) is 34.9 Å². The summed E-state index contributed by atoms with van der Waals surface area (Å²) in [5.41, 5.74) is 0. The molecular formula is C13H22IN5.